The number of aryl methyl sites for hydroxylation is 3. The molecular formula is C13H16O2S. The second-order valence-corrected chi connectivity index (χ2v) is 5.38. The molecule has 0 fully saturated rings. The quantitative estimate of drug-likeness (QED) is 0.883. The van der Waals surface area contributed by atoms with E-state index in [0.29, 0.717) is 0 Å². The molecule has 0 aliphatic heterocycles. The van der Waals surface area contributed by atoms with E-state index < -0.39 is 6.10 Å². The number of aliphatic hydroxyl groups excluding tert-OH is 1. The van der Waals surface area contributed by atoms with E-state index in [2.05, 4.69) is 13.0 Å². The minimum atomic E-state index is -0.557. The van der Waals surface area contributed by atoms with Gasteiger partial charge in [-0.3, -0.25) is 0 Å². The Hall–Kier alpha value is -1.06. The Balaban J connectivity index is 2.38. The number of hydrogen-bond acceptors (Lipinski definition) is 3. The third-order valence-electron chi connectivity index (χ3n) is 2.77. The van der Waals surface area contributed by atoms with Crippen LogP contribution in [0.4, 0.5) is 0 Å². The van der Waals surface area contributed by atoms with Crippen molar-refractivity contribution in [3.63, 3.8) is 0 Å². The fourth-order valence-corrected chi connectivity index (χ4v) is 2.93. The first-order valence-corrected chi connectivity index (χ1v) is 6.26. The van der Waals surface area contributed by atoms with E-state index in [9.17, 15) is 5.11 Å². The molecule has 2 aromatic heterocycles. The van der Waals surface area contributed by atoms with Gasteiger partial charge in [0.05, 0.1) is 6.26 Å². The van der Waals surface area contributed by atoms with Crippen LogP contribution in [0, 0.1) is 13.8 Å². The van der Waals surface area contributed by atoms with Gasteiger partial charge in [-0.1, -0.05) is 6.92 Å². The molecule has 0 saturated carbocycles. The van der Waals surface area contributed by atoms with E-state index in [1.54, 1.807) is 17.6 Å². The predicted octanol–water partition coefficient (Wildman–Crippen LogP) is 3.60. The summed E-state index contributed by atoms with van der Waals surface area (Å²) >= 11 is 1.72. The Morgan fingerprint density at radius 1 is 1.38 bits per heavy atom. The van der Waals surface area contributed by atoms with E-state index in [0.717, 1.165) is 23.3 Å². The summed E-state index contributed by atoms with van der Waals surface area (Å²) in [6, 6.07) is 3.91. The van der Waals surface area contributed by atoms with Crippen molar-refractivity contribution in [1.29, 1.82) is 0 Å². The molecule has 2 aromatic rings. The van der Waals surface area contributed by atoms with E-state index in [1.165, 1.54) is 9.75 Å². The number of furan rings is 1. The van der Waals surface area contributed by atoms with Gasteiger partial charge in [-0.25, -0.2) is 0 Å². The maximum atomic E-state index is 10.3. The molecule has 0 radical (unpaired) electrons. The molecule has 0 aliphatic rings. The Bertz CT molecular complexity index is 482. The average molecular weight is 236 g/mol. The smallest absolute Gasteiger partial charge is 0.109 e. The molecule has 2 heterocycles. The van der Waals surface area contributed by atoms with Crippen molar-refractivity contribution < 1.29 is 9.52 Å². The molecule has 2 rings (SSSR count). The van der Waals surface area contributed by atoms with Crippen LogP contribution in [0.25, 0.3) is 0 Å². The van der Waals surface area contributed by atoms with Crippen molar-refractivity contribution in [3.8, 4) is 0 Å². The van der Waals surface area contributed by atoms with Crippen LogP contribution in [-0.2, 0) is 6.42 Å². The van der Waals surface area contributed by atoms with E-state index in [4.69, 9.17) is 4.42 Å². The highest BCUT2D eigenvalue weighted by atomic mass is 32.1. The van der Waals surface area contributed by atoms with E-state index >= 15 is 0 Å². The van der Waals surface area contributed by atoms with Crippen molar-refractivity contribution in [2.75, 3.05) is 0 Å². The van der Waals surface area contributed by atoms with Gasteiger partial charge in [-0.2, -0.15) is 0 Å². The van der Waals surface area contributed by atoms with Crippen LogP contribution in [0.5, 0.6) is 0 Å². The van der Waals surface area contributed by atoms with Crippen LogP contribution in [0.2, 0.25) is 0 Å². The summed E-state index contributed by atoms with van der Waals surface area (Å²) in [6.07, 6.45) is 1.90. The Morgan fingerprint density at radius 2 is 2.12 bits per heavy atom. The van der Waals surface area contributed by atoms with Gasteiger partial charge in [0.2, 0.25) is 0 Å². The average Bonchev–Trinajstić information content (AvgIpc) is 2.83. The maximum Gasteiger partial charge on any atom is 0.109 e. The normalized spacial score (nSPS) is 13.0. The number of aliphatic hydroxyl groups is 1. The van der Waals surface area contributed by atoms with Gasteiger partial charge in [0.15, 0.2) is 0 Å². The first kappa shape index (κ1) is 11.4. The van der Waals surface area contributed by atoms with Crippen molar-refractivity contribution >= 4 is 11.3 Å². The molecule has 0 aliphatic carbocycles. The molecule has 0 saturated heterocycles. The van der Waals surface area contributed by atoms with Crippen molar-refractivity contribution in [2.45, 2.75) is 33.3 Å². The van der Waals surface area contributed by atoms with Gasteiger partial charge in [0.25, 0.3) is 0 Å². The first-order valence-electron chi connectivity index (χ1n) is 5.44. The molecule has 0 bridgehead atoms. The second kappa shape index (κ2) is 4.44. The molecule has 1 atom stereocenters. The molecule has 1 N–H and O–H groups in total. The Kier molecular flexibility index (Phi) is 3.17. The summed E-state index contributed by atoms with van der Waals surface area (Å²) in [5.74, 6) is 0.871. The van der Waals surface area contributed by atoms with Crippen LogP contribution in [-0.4, -0.2) is 5.11 Å². The number of thiophene rings is 1. The van der Waals surface area contributed by atoms with Gasteiger partial charge in [0.1, 0.15) is 11.9 Å². The minimum absolute atomic E-state index is 0.557. The molecule has 86 valence electrons. The minimum Gasteiger partial charge on any atom is -0.469 e. The van der Waals surface area contributed by atoms with Gasteiger partial charge in [-0.05, 0) is 31.5 Å². The lowest BCUT2D eigenvalue weighted by Crippen LogP contribution is -2.01. The SMILES string of the molecule is CCc1occc1C(O)c1cc(C)sc1C. The van der Waals surface area contributed by atoms with Crippen molar-refractivity contribution in [1.82, 2.24) is 0 Å². The second-order valence-electron chi connectivity index (χ2n) is 3.92. The zero-order valence-corrected chi connectivity index (χ0v) is 10.6. The van der Waals surface area contributed by atoms with Gasteiger partial charge in [-0.15, -0.1) is 11.3 Å². The molecule has 0 spiro atoms. The van der Waals surface area contributed by atoms with Crippen LogP contribution in [0.3, 0.4) is 0 Å². The Morgan fingerprint density at radius 3 is 2.69 bits per heavy atom. The van der Waals surface area contributed by atoms with Crippen molar-refractivity contribution in [3.05, 3.63) is 45.0 Å². The lowest BCUT2D eigenvalue weighted by molar-refractivity contribution is 0.217. The zero-order valence-electron chi connectivity index (χ0n) is 9.78. The van der Waals surface area contributed by atoms with Gasteiger partial charge < -0.3 is 9.52 Å². The summed E-state index contributed by atoms with van der Waals surface area (Å²) in [7, 11) is 0. The maximum absolute atomic E-state index is 10.3. The number of hydrogen-bond donors (Lipinski definition) is 1. The summed E-state index contributed by atoms with van der Waals surface area (Å²) in [5.41, 5.74) is 1.89. The summed E-state index contributed by atoms with van der Waals surface area (Å²) in [5, 5.41) is 10.3. The van der Waals surface area contributed by atoms with Crippen LogP contribution in [0.1, 0.15) is 39.7 Å². The lowest BCUT2D eigenvalue weighted by Gasteiger charge is -2.09. The summed E-state index contributed by atoms with van der Waals surface area (Å²) in [6.45, 7) is 6.13. The highest BCUT2D eigenvalue weighted by Crippen LogP contribution is 2.32. The fourth-order valence-electron chi connectivity index (χ4n) is 1.97. The van der Waals surface area contributed by atoms with Crippen molar-refractivity contribution in [2.24, 2.45) is 0 Å². The molecule has 2 nitrogen and oxygen atoms in total. The van der Waals surface area contributed by atoms with Gasteiger partial charge >= 0.3 is 0 Å². The lowest BCUT2D eigenvalue weighted by atomic mass is 10.0. The van der Waals surface area contributed by atoms with Crippen LogP contribution >= 0.6 is 11.3 Å². The van der Waals surface area contributed by atoms with Crippen LogP contribution in [0.15, 0.2) is 22.8 Å². The largest absolute Gasteiger partial charge is 0.469 e. The molecule has 0 amide bonds. The highest BCUT2D eigenvalue weighted by molar-refractivity contribution is 7.12. The standard InChI is InChI=1S/C13H16O2S/c1-4-12-10(5-6-15-12)13(14)11-7-8(2)16-9(11)3/h5-7,13-14H,4H2,1-3H3. The third kappa shape index (κ3) is 1.93. The predicted molar refractivity (Wildman–Crippen MR) is 65.9 cm³/mol. The topological polar surface area (TPSA) is 33.4 Å². The number of rotatable bonds is 3. The molecule has 1 unspecified atom stereocenters. The molecule has 0 aromatic carbocycles. The third-order valence-corrected chi connectivity index (χ3v) is 3.75. The van der Waals surface area contributed by atoms with E-state index in [1.807, 2.05) is 19.9 Å². The van der Waals surface area contributed by atoms with E-state index in [-0.39, 0.29) is 0 Å². The first-order chi connectivity index (χ1) is 7.63. The van der Waals surface area contributed by atoms with Gasteiger partial charge in [0, 0.05) is 21.7 Å². The molecule has 16 heavy (non-hydrogen) atoms. The highest BCUT2D eigenvalue weighted by Gasteiger charge is 2.19. The zero-order chi connectivity index (χ0) is 11.7. The summed E-state index contributed by atoms with van der Waals surface area (Å²) in [4.78, 5) is 2.40. The molecular weight excluding hydrogens is 220 g/mol. The summed E-state index contributed by atoms with van der Waals surface area (Å²) < 4.78 is 5.35. The monoisotopic (exact) mass is 236 g/mol. The Labute approximate surface area is 99.5 Å². The van der Waals surface area contributed by atoms with Crippen LogP contribution < -0.4 is 0 Å². The molecule has 3 heteroatoms. The fraction of sp³-hybridized carbons (Fsp3) is 0.385.